The lowest BCUT2D eigenvalue weighted by molar-refractivity contribution is -0.140. The summed E-state index contributed by atoms with van der Waals surface area (Å²) in [6.45, 7) is 0.308. The number of hydrogen-bond donors (Lipinski definition) is 3. The molecule has 3 unspecified atom stereocenters. The van der Waals surface area contributed by atoms with Crippen molar-refractivity contribution in [2.75, 3.05) is 32.6 Å². The molecule has 0 saturated carbocycles. The van der Waals surface area contributed by atoms with Crippen molar-refractivity contribution >= 4 is 39.3 Å². The van der Waals surface area contributed by atoms with E-state index in [4.69, 9.17) is 9.47 Å². The van der Waals surface area contributed by atoms with Crippen LogP contribution in [0.3, 0.4) is 0 Å². The molecule has 0 aromatic heterocycles. The Balaban J connectivity index is 1.67. The zero-order chi connectivity index (χ0) is 23.0. The summed E-state index contributed by atoms with van der Waals surface area (Å²) in [5.74, 6) is -1.57. The number of halogens is 1. The molecule has 0 aliphatic carbocycles. The van der Waals surface area contributed by atoms with E-state index < -0.39 is 29.6 Å². The smallest absolute Gasteiger partial charge is 0.250 e. The number of aliphatic hydroxyl groups excluding tert-OH is 1. The fourth-order valence-corrected chi connectivity index (χ4v) is 6.36. The van der Waals surface area contributed by atoms with Crippen LogP contribution < -0.4 is 15.4 Å². The monoisotopic (exact) mass is 509 g/mol. The average Bonchev–Trinajstić information content (AvgIpc) is 3.37. The minimum Gasteiger partial charge on any atom is -0.497 e. The van der Waals surface area contributed by atoms with E-state index in [-0.39, 0.29) is 29.2 Å². The molecule has 174 valence electrons. The summed E-state index contributed by atoms with van der Waals surface area (Å²) in [7, 11) is 3.10. The lowest BCUT2D eigenvalue weighted by atomic mass is 9.70. The zero-order valence-corrected chi connectivity index (χ0v) is 19.6. The Morgan fingerprint density at radius 2 is 2.00 bits per heavy atom. The summed E-state index contributed by atoms with van der Waals surface area (Å²) in [5.41, 5.74) is -0.507. The van der Waals surface area contributed by atoms with E-state index in [0.29, 0.717) is 37.2 Å². The van der Waals surface area contributed by atoms with Crippen LogP contribution in [0.2, 0.25) is 0 Å². The van der Waals surface area contributed by atoms with Gasteiger partial charge in [0.15, 0.2) is 0 Å². The highest BCUT2D eigenvalue weighted by atomic mass is 79.9. The van der Waals surface area contributed by atoms with Gasteiger partial charge in [0.2, 0.25) is 17.7 Å². The molecule has 4 rings (SSSR count). The predicted molar refractivity (Wildman–Crippen MR) is 119 cm³/mol. The van der Waals surface area contributed by atoms with Crippen molar-refractivity contribution in [3.05, 3.63) is 24.3 Å². The standard InChI is InChI=1S/C22H28BrN3O6/c1-24-19(28)15-16-21(30)26(9-3-4-10-27)18(22(16)11-14(23)17(15)32-22)20(29)25-12-5-7-13(31-2)8-6-12/h5-8,14-18,27H,3-4,9-11H2,1-2H3,(H,24,28)(H,25,29)/t14?,15-,16-,17-,18?,22?/m0/s1. The Labute approximate surface area is 194 Å². The molecule has 3 N–H and O–H groups in total. The first-order valence-electron chi connectivity index (χ1n) is 10.8. The maximum Gasteiger partial charge on any atom is 0.250 e. The SMILES string of the molecule is CNC(=O)[C@H]1[C@H]2C(=O)N(CCCCO)C(C(=O)Nc3ccc(OC)cc3)C23CC(Br)[C@@H]1O3. The number of anilines is 1. The fraction of sp³-hybridized carbons (Fsp3) is 0.591. The molecule has 3 heterocycles. The number of aliphatic hydroxyl groups is 1. The van der Waals surface area contributed by atoms with E-state index in [1.54, 1.807) is 31.4 Å². The number of nitrogens with zero attached hydrogens (tertiary/aromatic N) is 1. The Hall–Kier alpha value is -2.17. The van der Waals surface area contributed by atoms with Crippen LogP contribution in [0.1, 0.15) is 19.3 Å². The number of amides is 3. The van der Waals surface area contributed by atoms with Crippen molar-refractivity contribution in [3.63, 3.8) is 0 Å². The molecule has 2 bridgehead atoms. The molecular formula is C22H28BrN3O6. The van der Waals surface area contributed by atoms with Gasteiger partial charge in [-0.15, -0.1) is 0 Å². The number of hydrogen-bond acceptors (Lipinski definition) is 6. The number of rotatable bonds is 8. The quantitative estimate of drug-likeness (QED) is 0.354. The molecule has 1 aromatic rings. The van der Waals surface area contributed by atoms with Crippen LogP contribution in [0.4, 0.5) is 5.69 Å². The van der Waals surface area contributed by atoms with Crippen LogP contribution in [0, 0.1) is 11.8 Å². The van der Waals surface area contributed by atoms with E-state index in [1.165, 1.54) is 11.9 Å². The molecule has 3 saturated heterocycles. The number of nitrogens with one attached hydrogen (secondary N) is 2. The maximum atomic E-state index is 13.6. The second-order valence-corrected chi connectivity index (χ2v) is 9.63. The van der Waals surface area contributed by atoms with Crippen LogP contribution in [0.15, 0.2) is 24.3 Å². The molecule has 3 aliphatic heterocycles. The number of carbonyl (C=O) groups excluding carboxylic acids is 3. The van der Waals surface area contributed by atoms with Crippen LogP contribution in [-0.2, 0) is 19.1 Å². The molecular weight excluding hydrogens is 482 g/mol. The van der Waals surface area contributed by atoms with Crippen molar-refractivity contribution in [2.45, 2.75) is 41.8 Å². The highest BCUT2D eigenvalue weighted by molar-refractivity contribution is 9.09. The number of benzene rings is 1. The number of unbranched alkanes of at least 4 members (excludes halogenated alkanes) is 1. The first-order valence-corrected chi connectivity index (χ1v) is 11.7. The second kappa shape index (κ2) is 8.99. The summed E-state index contributed by atoms with van der Waals surface area (Å²) < 4.78 is 11.5. The summed E-state index contributed by atoms with van der Waals surface area (Å²) in [6, 6.07) is 6.06. The molecule has 10 heteroatoms. The minimum atomic E-state index is -1.08. The summed E-state index contributed by atoms with van der Waals surface area (Å²) in [6.07, 6.45) is 1.04. The molecule has 1 aromatic carbocycles. The Kier molecular flexibility index (Phi) is 6.46. The highest BCUT2D eigenvalue weighted by Crippen LogP contribution is 2.60. The van der Waals surface area contributed by atoms with Crippen LogP contribution in [-0.4, -0.2) is 77.6 Å². The largest absolute Gasteiger partial charge is 0.497 e. The molecule has 9 nitrogen and oxygen atoms in total. The van der Waals surface area contributed by atoms with Gasteiger partial charge >= 0.3 is 0 Å². The van der Waals surface area contributed by atoms with E-state index >= 15 is 0 Å². The lowest BCUT2D eigenvalue weighted by Crippen LogP contribution is -2.54. The van der Waals surface area contributed by atoms with Gasteiger partial charge in [0.05, 0.1) is 25.0 Å². The normalized spacial score (nSPS) is 32.7. The van der Waals surface area contributed by atoms with Crippen molar-refractivity contribution in [1.82, 2.24) is 10.2 Å². The first-order chi connectivity index (χ1) is 15.4. The summed E-state index contributed by atoms with van der Waals surface area (Å²) in [5, 5.41) is 14.7. The van der Waals surface area contributed by atoms with Gasteiger partial charge in [0.1, 0.15) is 17.4 Å². The third-order valence-corrected chi connectivity index (χ3v) is 7.60. The van der Waals surface area contributed by atoms with Gasteiger partial charge in [-0.3, -0.25) is 14.4 Å². The van der Waals surface area contributed by atoms with E-state index in [0.717, 1.165) is 0 Å². The Morgan fingerprint density at radius 3 is 2.62 bits per heavy atom. The molecule has 32 heavy (non-hydrogen) atoms. The van der Waals surface area contributed by atoms with Crippen molar-refractivity contribution in [1.29, 1.82) is 0 Å². The molecule has 0 radical (unpaired) electrons. The summed E-state index contributed by atoms with van der Waals surface area (Å²) >= 11 is 3.61. The van der Waals surface area contributed by atoms with E-state index in [1.807, 2.05) is 0 Å². The molecule has 3 amide bonds. The number of carbonyl (C=O) groups is 3. The van der Waals surface area contributed by atoms with Gasteiger partial charge in [-0.05, 0) is 43.5 Å². The van der Waals surface area contributed by atoms with Gasteiger partial charge < -0.3 is 30.1 Å². The van der Waals surface area contributed by atoms with Crippen molar-refractivity contribution < 1.29 is 29.0 Å². The molecule has 3 fully saturated rings. The highest BCUT2D eigenvalue weighted by Gasteiger charge is 2.76. The van der Waals surface area contributed by atoms with E-state index in [9.17, 15) is 19.5 Å². The number of methoxy groups -OCH3 is 1. The number of fused-ring (bicyclic) bond motifs is 1. The zero-order valence-electron chi connectivity index (χ0n) is 18.0. The third kappa shape index (κ3) is 3.58. The lowest BCUT2D eigenvalue weighted by Gasteiger charge is -2.34. The van der Waals surface area contributed by atoms with E-state index in [2.05, 4.69) is 26.6 Å². The Bertz CT molecular complexity index is 896. The van der Waals surface area contributed by atoms with Gasteiger partial charge in [-0.2, -0.15) is 0 Å². The maximum absolute atomic E-state index is 13.6. The van der Waals surface area contributed by atoms with Gasteiger partial charge in [0, 0.05) is 30.7 Å². The summed E-state index contributed by atoms with van der Waals surface area (Å²) in [4.78, 5) is 41.2. The van der Waals surface area contributed by atoms with Crippen LogP contribution in [0.25, 0.3) is 0 Å². The minimum absolute atomic E-state index is 0.00221. The number of likely N-dealkylation sites (tertiary alicyclic amines) is 1. The average molecular weight is 510 g/mol. The molecule has 6 atom stereocenters. The van der Waals surface area contributed by atoms with Crippen LogP contribution in [0.5, 0.6) is 5.75 Å². The van der Waals surface area contributed by atoms with Gasteiger partial charge in [-0.1, -0.05) is 15.9 Å². The van der Waals surface area contributed by atoms with Gasteiger partial charge in [-0.25, -0.2) is 0 Å². The topological polar surface area (TPSA) is 117 Å². The predicted octanol–water partition coefficient (Wildman–Crippen LogP) is 0.900. The molecule has 3 aliphatic rings. The third-order valence-electron chi connectivity index (χ3n) is 6.75. The van der Waals surface area contributed by atoms with Crippen molar-refractivity contribution in [2.24, 2.45) is 11.8 Å². The Morgan fingerprint density at radius 1 is 1.28 bits per heavy atom. The molecule has 1 spiro atoms. The number of ether oxygens (including phenoxy) is 2. The first kappa shape index (κ1) is 23.0. The second-order valence-electron chi connectivity index (χ2n) is 8.46. The van der Waals surface area contributed by atoms with Gasteiger partial charge in [0.25, 0.3) is 0 Å². The van der Waals surface area contributed by atoms with Crippen LogP contribution >= 0.6 is 15.9 Å². The fourth-order valence-electron chi connectivity index (χ4n) is 5.42. The number of alkyl halides is 1. The van der Waals surface area contributed by atoms with Crippen molar-refractivity contribution in [3.8, 4) is 5.75 Å².